The smallest absolute Gasteiger partial charge is 0.262 e. The molecule has 0 atom stereocenters. The summed E-state index contributed by atoms with van der Waals surface area (Å²) in [4.78, 5) is 17.1. The molecule has 2 heterocycles. The normalized spacial score (nSPS) is 16.2. The quantitative estimate of drug-likeness (QED) is 0.942. The van der Waals surface area contributed by atoms with Gasteiger partial charge in [-0.25, -0.2) is 0 Å². The molecule has 21 heavy (non-hydrogen) atoms. The van der Waals surface area contributed by atoms with Crippen LogP contribution in [0, 0.1) is 11.8 Å². The Bertz CT molecular complexity index is 645. The van der Waals surface area contributed by atoms with Crippen molar-refractivity contribution in [2.45, 2.75) is 6.92 Å². The van der Waals surface area contributed by atoms with Gasteiger partial charge >= 0.3 is 0 Å². The summed E-state index contributed by atoms with van der Waals surface area (Å²) in [5.74, 6) is 0. The topological polar surface area (TPSA) is 37.5 Å². The lowest BCUT2D eigenvalue weighted by Gasteiger charge is -2.34. The minimum atomic E-state index is 0.651. The number of benzene rings is 1. The highest BCUT2D eigenvalue weighted by Crippen LogP contribution is 2.35. The SMILES string of the molecule is Cc1ccsc1-c1cc(N2CCN(C)CC2)ccc1[NH+]=O. The minimum Gasteiger partial charge on any atom is -0.369 e. The Labute approximate surface area is 129 Å². The van der Waals surface area contributed by atoms with Gasteiger partial charge in [-0.05, 0) is 43.1 Å². The van der Waals surface area contributed by atoms with Gasteiger partial charge in [0.25, 0.3) is 5.69 Å². The molecular formula is C16H20N3OS+. The first-order valence-electron chi connectivity index (χ1n) is 7.19. The van der Waals surface area contributed by atoms with E-state index in [2.05, 4.69) is 46.5 Å². The number of piperazine rings is 1. The van der Waals surface area contributed by atoms with Gasteiger partial charge in [-0.3, -0.25) is 0 Å². The fraction of sp³-hybridized carbons (Fsp3) is 0.375. The van der Waals surface area contributed by atoms with Crippen LogP contribution in [0.4, 0.5) is 11.4 Å². The van der Waals surface area contributed by atoms with Gasteiger partial charge in [0, 0.05) is 52.9 Å². The largest absolute Gasteiger partial charge is 0.369 e. The van der Waals surface area contributed by atoms with Gasteiger partial charge in [-0.1, -0.05) is 0 Å². The zero-order chi connectivity index (χ0) is 14.8. The van der Waals surface area contributed by atoms with E-state index < -0.39 is 0 Å². The number of nitrogens with one attached hydrogen (secondary N) is 1. The number of aryl methyl sites for hydroxylation is 1. The van der Waals surface area contributed by atoms with Crippen LogP contribution in [0.15, 0.2) is 29.6 Å². The number of rotatable bonds is 3. The molecule has 0 amide bonds. The molecule has 1 aromatic carbocycles. The van der Waals surface area contributed by atoms with Crippen LogP contribution in [-0.2, 0) is 0 Å². The first kappa shape index (κ1) is 14.2. The molecule has 3 rings (SSSR count). The number of hydrogen-bond acceptors (Lipinski definition) is 4. The van der Waals surface area contributed by atoms with Crippen LogP contribution in [0.1, 0.15) is 5.56 Å². The molecule has 1 aromatic heterocycles. The Balaban J connectivity index is 1.97. The molecule has 4 nitrogen and oxygen atoms in total. The van der Waals surface area contributed by atoms with Gasteiger partial charge < -0.3 is 9.80 Å². The number of hydrogen-bond donors (Lipinski definition) is 1. The van der Waals surface area contributed by atoms with Crippen LogP contribution < -0.4 is 10.1 Å². The third-order valence-corrected chi connectivity index (χ3v) is 5.14. The highest BCUT2D eigenvalue weighted by molar-refractivity contribution is 7.13. The van der Waals surface area contributed by atoms with Crippen LogP contribution in [0.25, 0.3) is 10.4 Å². The van der Waals surface area contributed by atoms with Crippen molar-refractivity contribution in [2.24, 2.45) is 0 Å². The predicted octanol–water partition coefficient (Wildman–Crippen LogP) is 1.95. The Kier molecular flexibility index (Phi) is 4.03. The highest BCUT2D eigenvalue weighted by atomic mass is 32.1. The lowest BCUT2D eigenvalue weighted by molar-refractivity contribution is -0.378. The van der Waals surface area contributed by atoms with Crippen molar-refractivity contribution >= 4 is 22.7 Å². The van der Waals surface area contributed by atoms with Crippen molar-refractivity contribution < 1.29 is 5.18 Å². The highest BCUT2D eigenvalue weighted by Gasteiger charge is 2.19. The Morgan fingerprint density at radius 2 is 1.90 bits per heavy atom. The van der Waals surface area contributed by atoms with E-state index in [1.165, 1.54) is 16.1 Å². The van der Waals surface area contributed by atoms with Crippen LogP contribution >= 0.6 is 11.3 Å². The molecule has 2 aromatic rings. The lowest BCUT2D eigenvalue weighted by Crippen LogP contribution is -2.56. The third kappa shape index (κ3) is 2.84. The maximum absolute atomic E-state index is 11.2. The summed E-state index contributed by atoms with van der Waals surface area (Å²) in [5, 5.41) is 4.15. The number of anilines is 1. The molecule has 0 spiro atoms. The van der Waals surface area contributed by atoms with Crippen LogP contribution in [0.5, 0.6) is 0 Å². The maximum Gasteiger partial charge on any atom is 0.262 e. The molecule has 1 saturated heterocycles. The van der Waals surface area contributed by atoms with E-state index in [0.717, 1.165) is 31.7 Å². The van der Waals surface area contributed by atoms with Crippen LogP contribution in [-0.4, -0.2) is 38.1 Å². The van der Waals surface area contributed by atoms with E-state index >= 15 is 0 Å². The van der Waals surface area contributed by atoms with E-state index in [-0.39, 0.29) is 0 Å². The van der Waals surface area contributed by atoms with E-state index in [0.29, 0.717) is 5.69 Å². The average Bonchev–Trinajstić information content (AvgIpc) is 2.93. The van der Waals surface area contributed by atoms with Crippen molar-refractivity contribution in [3.8, 4) is 10.4 Å². The maximum atomic E-state index is 11.2. The van der Waals surface area contributed by atoms with E-state index in [4.69, 9.17) is 0 Å². The standard InChI is InChI=1S/C16H19N3OS/c1-12-5-10-21-16(12)14-11-13(3-4-15(14)17-20)19-8-6-18(2)7-9-19/h3-5,10-11H,6-9H2,1-2H3/p+1. The fourth-order valence-corrected chi connectivity index (χ4v) is 3.68. The lowest BCUT2D eigenvalue weighted by atomic mass is 10.1. The summed E-state index contributed by atoms with van der Waals surface area (Å²) < 4.78 is 0. The minimum absolute atomic E-state index is 0.651. The second kappa shape index (κ2) is 5.95. The van der Waals surface area contributed by atoms with Crippen LogP contribution in [0.2, 0.25) is 0 Å². The molecular weight excluding hydrogens is 282 g/mol. The Morgan fingerprint density at radius 1 is 1.14 bits per heavy atom. The van der Waals surface area contributed by atoms with Crippen molar-refractivity contribution in [3.05, 3.63) is 40.1 Å². The molecule has 0 bridgehead atoms. The average molecular weight is 302 g/mol. The predicted molar refractivity (Wildman–Crippen MR) is 88.2 cm³/mol. The first-order valence-corrected chi connectivity index (χ1v) is 8.07. The molecule has 1 aliphatic rings. The summed E-state index contributed by atoms with van der Waals surface area (Å²) in [6.45, 7) is 6.31. The summed E-state index contributed by atoms with van der Waals surface area (Å²) in [7, 11) is 2.15. The summed E-state index contributed by atoms with van der Waals surface area (Å²) >= 11 is 1.68. The fourth-order valence-electron chi connectivity index (χ4n) is 2.72. The molecule has 1 fully saturated rings. The van der Waals surface area contributed by atoms with Gasteiger partial charge in [0.1, 0.15) is 0 Å². The Morgan fingerprint density at radius 3 is 2.52 bits per heavy atom. The first-order chi connectivity index (χ1) is 10.2. The van der Waals surface area contributed by atoms with E-state index in [1.807, 2.05) is 12.1 Å². The van der Waals surface area contributed by atoms with Crippen molar-refractivity contribution in [1.29, 1.82) is 0 Å². The second-order valence-corrected chi connectivity index (χ2v) is 6.47. The molecule has 0 radical (unpaired) electrons. The van der Waals surface area contributed by atoms with Gasteiger partial charge in [-0.2, -0.15) is 0 Å². The van der Waals surface area contributed by atoms with Crippen LogP contribution in [0.3, 0.4) is 0 Å². The number of likely N-dealkylation sites (N-methyl/N-ethyl adjacent to an activating group) is 1. The number of nitrogens with zero attached hydrogens (tertiary/aromatic N) is 2. The summed E-state index contributed by atoms with van der Waals surface area (Å²) in [5.41, 5.74) is 4.07. The molecule has 0 aliphatic carbocycles. The van der Waals surface area contributed by atoms with Crippen molar-refractivity contribution in [1.82, 2.24) is 4.90 Å². The zero-order valence-corrected chi connectivity index (χ0v) is 13.2. The van der Waals surface area contributed by atoms with Gasteiger partial charge in [0.15, 0.2) is 0 Å². The Hall–Kier alpha value is -1.72. The number of thiophene rings is 1. The van der Waals surface area contributed by atoms with E-state index in [1.54, 1.807) is 11.3 Å². The molecule has 5 heteroatoms. The monoisotopic (exact) mass is 302 g/mol. The third-order valence-electron chi connectivity index (χ3n) is 4.09. The van der Waals surface area contributed by atoms with Crippen molar-refractivity contribution in [3.63, 3.8) is 0 Å². The summed E-state index contributed by atoms with van der Waals surface area (Å²) in [6.07, 6.45) is 0. The molecule has 1 N–H and O–H groups in total. The molecule has 110 valence electrons. The molecule has 1 aliphatic heterocycles. The van der Waals surface area contributed by atoms with Crippen molar-refractivity contribution in [2.75, 3.05) is 38.1 Å². The number of nitroso groups, excluding NO2 is 1. The van der Waals surface area contributed by atoms with E-state index in [9.17, 15) is 4.91 Å². The summed E-state index contributed by atoms with van der Waals surface area (Å²) in [6, 6.07) is 8.18. The zero-order valence-electron chi connectivity index (χ0n) is 12.4. The second-order valence-electron chi connectivity index (χ2n) is 5.56. The molecule has 0 unspecified atom stereocenters. The van der Waals surface area contributed by atoms with Gasteiger partial charge in [0.05, 0.1) is 5.56 Å². The van der Waals surface area contributed by atoms with Gasteiger partial charge in [0.2, 0.25) is 0 Å². The molecule has 0 saturated carbocycles. The van der Waals surface area contributed by atoms with Gasteiger partial charge in [-0.15, -0.1) is 11.3 Å².